The second-order valence-corrected chi connectivity index (χ2v) is 5.40. The van der Waals surface area contributed by atoms with Crippen molar-refractivity contribution in [3.8, 4) is 11.5 Å². The molecule has 0 bridgehead atoms. The summed E-state index contributed by atoms with van der Waals surface area (Å²) in [6, 6.07) is 6.49. The first kappa shape index (κ1) is 16.8. The van der Waals surface area contributed by atoms with Crippen molar-refractivity contribution in [2.75, 3.05) is 20.8 Å². The maximum Gasteiger partial charge on any atom is 0.122 e. The predicted molar refractivity (Wildman–Crippen MR) is 84.7 cm³/mol. The molecule has 0 fully saturated rings. The topological polar surface area (TPSA) is 30.5 Å². The maximum atomic E-state index is 5.38. The number of nitrogens with one attached hydrogen (secondary N) is 1. The molecular weight excluding hydrogens is 250 g/mol. The van der Waals surface area contributed by atoms with Gasteiger partial charge in [0.1, 0.15) is 11.5 Å². The predicted octanol–water partition coefficient (Wildman–Crippen LogP) is 4.18. The van der Waals surface area contributed by atoms with Crippen LogP contribution >= 0.6 is 0 Å². The quantitative estimate of drug-likeness (QED) is 0.735. The summed E-state index contributed by atoms with van der Waals surface area (Å²) in [4.78, 5) is 0. The molecule has 1 N–H and O–H groups in total. The van der Waals surface area contributed by atoms with Gasteiger partial charge in [0.15, 0.2) is 0 Å². The van der Waals surface area contributed by atoms with Gasteiger partial charge in [-0.05, 0) is 43.0 Å². The highest BCUT2D eigenvalue weighted by molar-refractivity contribution is 5.39. The van der Waals surface area contributed by atoms with Gasteiger partial charge in [0.05, 0.1) is 14.2 Å². The monoisotopic (exact) mass is 279 g/mol. The zero-order valence-corrected chi connectivity index (χ0v) is 13.5. The van der Waals surface area contributed by atoms with E-state index in [9.17, 15) is 0 Å². The van der Waals surface area contributed by atoms with Gasteiger partial charge in [0, 0.05) is 12.1 Å². The molecule has 0 amide bonds. The van der Waals surface area contributed by atoms with E-state index >= 15 is 0 Å². The molecule has 3 heteroatoms. The van der Waals surface area contributed by atoms with Crippen molar-refractivity contribution in [2.45, 2.75) is 46.1 Å². The number of hydrogen-bond donors (Lipinski definition) is 1. The van der Waals surface area contributed by atoms with Crippen molar-refractivity contribution in [1.82, 2.24) is 5.32 Å². The molecule has 0 aromatic heterocycles. The van der Waals surface area contributed by atoms with Gasteiger partial charge >= 0.3 is 0 Å². The molecule has 1 rings (SSSR count). The molecule has 0 saturated carbocycles. The lowest BCUT2D eigenvalue weighted by molar-refractivity contribution is 0.381. The van der Waals surface area contributed by atoms with Crippen LogP contribution in [0.1, 0.15) is 51.6 Å². The number of hydrogen-bond acceptors (Lipinski definition) is 3. The molecule has 2 unspecified atom stereocenters. The van der Waals surface area contributed by atoms with Gasteiger partial charge in [0.2, 0.25) is 0 Å². The molecule has 1 aromatic carbocycles. The Morgan fingerprint density at radius 2 is 1.65 bits per heavy atom. The van der Waals surface area contributed by atoms with Crippen LogP contribution < -0.4 is 14.8 Å². The van der Waals surface area contributed by atoms with Gasteiger partial charge in [-0.25, -0.2) is 0 Å². The molecule has 3 nitrogen and oxygen atoms in total. The van der Waals surface area contributed by atoms with Crippen molar-refractivity contribution < 1.29 is 9.47 Å². The summed E-state index contributed by atoms with van der Waals surface area (Å²) in [7, 11) is 3.39. The molecule has 2 atom stereocenters. The van der Waals surface area contributed by atoms with Crippen molar-refractivity contribution in [3.05, 3.63) is 23.8 Å². The summed E-state index contributed by atoms with van der Waals surface area (Å²) in [5.74, 6) is 2.40. The first-order valence-electron chi connectivity index (χ1n) is 7.60. The molecule has 0 aliphatic carbocycles. The van der Waals surface area contributed by atoms with E-state index in [1.165, 1.54) is 12.0 Å². The molecule has 0 aliphatic heterocycles. The van der Waals surface area contributed by atoms with Crippen LogP contribution in [0.15, 0.2) is 18.2 Å². The highest BCUT2D eigenvalue weighted by atomic mass is 16.5. The third kappa shape index (κ3) is 5.04. The molecule has 0 aliphatic rings. The highest BCUT2D eigenvalue weighted by Crippen LogP contribution is 2.30. The SMILES string of the molecule is CCCNC(CC(C)CC)c1cc(OC)cc(OC)c1. The van der Waals surface area contributed by atoms with Crippen LogP contribution in [0.3, 0.4) is 0 Å². The van der Waals surface area contributed by atoms with Gasteiger partial charge < -0.3 is 14.8 Å². The van der Waals surface area contributed by atoms with E-state index in [1.807, 2.05) is 6.07 Å². The first-order valence-corrected chi connectivity index (χ1v) is 7.60. The Labute approximate surface area is 123 Å². The summed E-state index contributed by atoms with van der Waals surface area (Å²) in [6.45, 7) is 7.77. The minimum atomic E-state index is 0.355. The van der Waals surface area contributed by atoms with Crippen LogP contribution in [0.5, 0.6) is 11.5 Å². The average Bonchev–Trinajstić information content (AvgIpc) is 2.50. The van der Waals surface area contributed by atoms with E-state index in [-0.39, 0.29) is 0 Å². The lowest BCUT2D eigenvalue weighted by Crippen LogP contribution is -2.24. The Kier molecular flexibility index (Phi) is 7.45. The van der Waals surface area contributed by atoms with Gasteiger partial charge in [-0.2, -0.15) is 0 Å². The summed E-state index contributed by atoms with van der Waals surface area (Å²) < 4.78 is 10.8. The highest BCUT2D eigenvalue weighted by Gasteiger charge is 2.16. The summed E-state index contributed by atoms with van der Waals surface area (Å²) >= 11 is 0. The number of ether oxygens (including phenoxy) is 2. The summed E-state index contributed by atoms with van der Waals surface area (Å²) in [6.07, 6.45) is 3.47. The van der Waals surface area contributed by atoms with Crippen LogP contribution in [0.4, 0.5) is 0 Å². The molecular formula is C17H29NO2. The van der Waals surface area contributed by atoms with Gasteiger partial charge in [-0.15, -0.1) is 0 Å². The Hall–Kier alpha value is -1.22. The third-order valence-electron chi connectivity index (χ3n) is 3.75. The number of rotatable bonds is 9. The fraction of sp³-hybridized carbons (Fsp3) is 0.647. The van der Waals surface area contributed by atoms with Crippen LogP contribution in [0.2, 0.25) is 0 Å². The number of benzene rings is 1. The summed E-state index contributed by atoms with van der Waals surface area (Å²) in [5.41, 5.74) is 1.25. The zero-order chi connectivity index (χ0) is 15.0. The van der Waals surface area contributed by atoms with E-state index in [0.29, 0.717) is 12.0 Å². The van der Waals surface area contributed by atoms with E-state index < -0.39 is 0 Å². The molecule has 1 aromatic rings. The van der Waals surface area contributed by atoms with Crippen LogP contribution in [0.25, 0.3) is 0 Å². The summed E-state index contributed by atoms with van der Waals surface area (Å²) in [5, 5.41) is 3.64. The largest absolute Gasteiger partial charge is 0.497 e. The van der Waals surface area contributed by atoms with E-state index in [0.717, 1.165) is 30.9 Å². The fourth-order valence-corrected chi connectivity index (χ4v) is 2.26. The van der Waals surface area contributed by atoms with E-state index in [4.69, 9.17) is 9.47 Å². The normalized spacial score (nSPS) is 13.8. The minimum Gasteiger partial charge on any atom is -0.497 e. The van der Waals surface area contributed by atoms with E-state index in [2.05, 4.69) is 38.2 Å². The molecule has 114 valence electrons. The van der Waals surface area contributed by atoms with Crippen LogP contribution in [0, 0.1) is 5.92 Å². The van der Waals surface area contributed by atoms with Gasteiger partial charge in [0.25, 0.3) is 0 Å². The lowest BCUT2D eigenvalue weighted by Gasteiger charge is -2.23. The Morgan fingerprint density at radius 3 is 2.10 bits per heavy atom. The third-order valence-corrected chi connectivity index (χ3v) is 3.75. The molecule has 0 saturated heterocycles. The first-order chi connectivity index (χ1) is 9.64. The average molecular weight is 279 g/mol. The molecule has 0 spiro atoms. The van der Waals surface area contributed by atoms with Crippen LogP contribution in [-0.4, -0.2) is 20.8 Å². The van der Waals surface area contributed by atoms with Gasteiger partial charge in [-0.3, -0.25) is 0 Å². The number of methoxy groups -OCH3 is 2. The second-order valence-electron chi connectivity index (χ2n) is 5.40. The van der Waals surface area contributed by atoms with Crippen LogP contribution in [-0.2, 0) is 0 Å². The van der Waals surface area contributed by atoms with Crippen molar-refractivity contribution in [2.24, 2.45) is 5.92 Å². The standard InChI is InChI=1S/C17H29NO2/c1-6-8-18-17(9-13(3)7-2)14-10-15(19-4)12-16(11-14)20-5/h10-13,17-18H,6-9H2,1-5H3. The van der Waals surface area contributed by atoms with E-state index in [1.54, 1.807) is 14.2 Å². The molecule has 0 heterocycles. The Morgan fingerprint density at radius 1 is 1.05 bits per heavy atom. The fourth-order valence-electron chi connectivity index (χ4n) is 2.26. The van der Waals surface area contributed by atoms with Gasteiger partial charge in [-0.1, -0.05) is 27.2 Å². The second kappa shape index (κ2) is 8.85. The molecule has 20 heavy (non-hydrogen) atoms. The van der Waals surface area contributed by atoms with Crippen molar-refractivity contribution >= 4 is 0 Å². The minimum absolute atomic E-state index is 0.355. The zero-order valence-electron chi connectivity index (χ0n) is 13.5. The van der Waals surface area contributed by atoms with Crippen molar-refractivity contribution in [3.63, 3.8) is 0 Å². The van der Waals surface area contributed by atoms with Crippen molar-refractivity contribution in [1.29, 1.82) is 0 Å². The lowest BCUT2D eigenvalue weighted by atomic mass is 9.94. The molecule has 0 radical (unpaired) electrons. The smallest absolute Gasteiger partial charge is 0.122 e. The maximum absolute atomic E-state index is 5.38. The Bertz CT molecular complexity index is 370. The Balaban J connectivity index is 2.97.